The quantitative estimate of drug-likeness (QED) is 0.924. The third kappa shape index (κ3) is 3.00. The number of nitrogens with zero attached hydrogens (tertiary/aromatic N) is 1. The number of carbonyl (C=O) groups excluding carboxylic acids is 1. The van der Waals surface area contributed by atoms with E-state index in [0.717, 1.165) is 0 Å². The number of carbonyl (C=O) groups is 2. The third-order valence-corrected chi connectivity index (χ3v) is 4.02. The topological polar surface area (TPSA) is 66.8 Å². The molecule has 0 aromatic heterocycles. The highest BCUT2D eigenvalue weighted by Gasteiger charge is 2.44. The number of hydrogen-bond donors (Lipinski definition) is 1. The standard InChI is InChI=1S/C14H15Cl2NO4/c1-7(2)17-10(18)6-21-13(14(19)20)12(17)11-8(15)4-3-5-9(11)16/h3-5,7,12-13H,6H2,1-2H3,(H,19,20). The molecule has 1 aliphatic rings. The fourth-order valence-electron chi connectivity index (χ4n) is 2.53. The van der Waals surface area contributed by atoms with Gasteiger partial charge in [-0.2, -0.15) is 0 Å². The number of amides is 1. The van der Waals surface area contributed by atoms with E-state index < -0.39 is 18.1 Å². The fraction of sp³-hybridized carbons (Fsp3) is 0.429. The van der Waals surface area contributed by atoms with Gasteiger partial charge in [0.1, 0.15) is 6.61 Å². The number of rotatable bonds is 3. The zero-order chi connectivity index (χ0) is 15.7. The summed E-state index contributed by atoms with van der Waals surface area (Å²) in [6, 6.07) is 3.82. The fourth-order valence-corrected chi connectivity index (χ4v) is 3.15. The largest absolute Gasteiger partial charge is 0.479 e. The lowest BCUT2D eigenvalue weighted by Crippen LogP contribution is -2.54. The van der Waals surface area contributed by atoms with Crippen molar-refractivity contribution in [2.75, 3.05) is 6.61 Å². The molecule has 0 saturated carbocycles. The molecule has 1 saturated heterocycles. The smallest absolute Gasteiger partial charge is 0.335 e. The first-order valence-electron chi connectivity index (χ1n) is 6.44. The molecule has 0 radical (unpaired) electrons. The van der Waals surface area contributed by atoms with Crippen LogP contribution in [0.5, 0.6) is 0 Å². The van der Waals surface area contributed by atoms with Gasteiger partial charge in [0.2, 0.25) is 5.91 Å². The van der Waals surface area contributed by atoms with Gasteiger partial charge in [0.05, 0.1) is 6.04 Å². The molecule has 2 unspecified atom stereocenters. The maximum atomic E-state index is 12.1. The lowest BCUT2D eigenvalue weighted by molar-refractivity contribution is -0.175. The average molecular weight is 332 g/mol. The summed E-state index contributed by atoms with van der Waals surface area (Å²) in [4.78, 5) is 25.1. The summed E-state index contributed by atoms with van der Waals surface area (Å²) in [7, 11) is 0. The molecular weight excluding hydrogens is 317 g/mol. The van der Waals surface area contributed by atoms with Crippen LogP contribution < -0.4 is 0 Å². The number of morpholine rings is 1. The van der Waals surface area contributed by atoms with Crippen molar-refractivity contribution in [3.05, 3.63) is 33.8 Å². The minimum Gasteiger partial charge on any atom is -0.479 e. The summed E-state index contributed by atoms with van der Waals surface area (Å²) in [6.45, 7) is 3.34. The highest BCUT2D eigenvalue weighted by atomic mass is 35.5. The van der Waals surface area contributed by atoms with Crippen molar-refractivity contribution < 1.29 is 19.4 Å². The monoisotopic (exact) mass is 331 g/mol. The minimum absolute atomic E-state index is 0.208. The van der Waals surface area contributed by atoms with Gasteiger partial charge >= 0.3 is 5.97 Å². The van der Waals surface area contributed by atoms with Crippen molar-refractivity contribution in [1.82, 2.24) is 4.90 Å². The number of benzene rings is 1. The first-order valence-corrected chi connectivity index (χ1v) is 7.19. The second-order valence-electron chi connectivity index (χ2n) is 5.04. The maximum absolute atomic E-state index is 12.1. The van der Waals surface area contributed by atoms with Gasteiger partial charge in [-0.05, 0) is 26.0 Å². The van der Waals surface area contributed by atoms with Crippen molar-refractivity contribution in [1.29, 1.82) is 0 Å². The molecule has 21 heavy (non-hydrogen) atoms. The normalized spacial score (nSPS) is 22.7. The zero-order valence-electron chi connectivity index (χ0n) is 11.5. The van der Waals surface area contributed by atoms with Gasteiger partial charge in [-0.15, -0.1) is 0 Å². The molecule has 0 bridgehead atoms. The highest BCUT2D eigenvalue weighted by Crippen LogP contribution is 2.39. The van der Waals surface area contributed by atoms with E-state index in [1.54, 1.807) is 32.0 Å². The first kappa shape index (κ1) is 16.1. The van der Waals surface area contributed by atoms with Crippen LogP contribution >= 0.6 is 23.2 Å². The van der Waals surface area contributed by atoms with E-state index in [9.17, 15) is 14.7 Å². The Labute approximate surface area is 132 Å². The molecule has 1 N–H and O–H groups in total. The Kier molecular flexibility index (Phi) is 4.76. The number of ether oxygens (including phenoxy) is 1. The molecule has 114 valence electrons. The summed E-state index contributed by atoms with van der Waals surface area (Å²) >= 11 is 12.4. The van der Waals surface area contributed by atoms with Crippen LogP contribution in [0.4, 0.5) is 0 Å². The molecule has 2 atom stereocenters. The van der Waals surface area contributed by atoms with Crippen molar-refractivity contribution >= 4 is 35.1 Å². The Morgan fingerprint density at radius 1 is 1.38 bits per heavy atom. The number of aliphatic carboxylic acids is 1. The molecule has 7 heteroatoms. The molecule has 2 rings (SSSR count). The van der Waals surface area contributed by atoms with Crippen LogP contribution in [0.1, 0.15) is 25.5 Å². The molecule has 0 aliphatic carbocycles. The van der Waals surface area contributed by atoms with Crippen LogP contribution in [0, 0.1) is 0 Å². The maximum Gasteiger partial charge on any atom is 0.335 e. The van der Waals surface area contributed by atoms with Crippen LogP contribution in [0.3, 0.4) is 0 Å². The number of halogens is 2. The second-order valence-corrected chi connectivity index (χ2v) is 5.86. The molecule has 1 aromatic carbocycles. The average Bonchev–Trinajstić information content (AvgIpc) is 2.37. The molecule has 5 nitrogen and oxygen atoms in total. The number of carboxylic acid groups (broad SMARTS) is 1. The molecule has 1 aliphatic heterocycles. The Balaban J connectivity index is 2.60. The lowest BCUT2D eigenvalue weighted by atomic mass is 9.96. The van der Waals surface area contributed by atoms with E-state index in [2.05, 4.69) is 0 Å². The van der Waals surface area contributed by atoms with Crippen LogP contribution in [-0.4, -0.2) is 40.6 Å². The minimum atomic E-state index is -1.21. The summed E-state index contributed by atoms with van der Waals surface area (Å²) in [6.07, 6.45) is -1.21. The third-order valence-electron chi connectivity index (χ3n) is 3.36. The Morgan fingerprint density at radius 3 is 2.43 bits per heavy atom. The van der Waals surface area contributed by atoms with E-state index in [4.69, 9.17) is 27.9 Å². The molecule has 1 heterocycles. The van der Waals surface area contributed by atoms with Gasteiger partial charge in [-0.25, -0.2) is 4.79 Å². The molecular formula is C14H15Cl2NO4. The molecule has 1 aromatic rings. The van der Waals surface area contributed by atoms with Crippen LogP contribution in [0.15, 0.2) is 18.2 Å². The van der Waals surface area contributed by atoms with Gasteiger partial charge in [-0.1, -0.05) is 29.3 Å². The summed E-state index contributed by atoms with van der Waals surface area (Å²) in [5.41, 5.74) is 0.398. The van der Waals surface area contributed by atoms with Gasteiger partial charge in [0.25, 0.3) is 0 Å². The Bertz CT molecular complexity index is 556. The van der Waals surface area contributed by atoms with Crippen LogP contribution in [0.25, 0.3) is 0 Å². The van der Waals surface area contributed by atoms with Crippen LogP contribution in [0.2, 0.25) is 10.0 Å². The predicted octanol–water partition coefficient (Wildman–Crippen LogP) is 2.75. The highest BCUT2D eigenvalue weighted by molar-refractivity contribution is 6.36. The van der Waals surface area contributed by atoms with Gasteiger partial charge in [-0.3, -0.25) is 4.79 Å². The second kappa shape index (κ2) is 6.22. The molecule has 0 spiro atoms. The Morgan fingerprint density at radius 2 is 1.95 bits per heavy atom. The summed E-state index contributed by atoms with van der Waals surface area (Å²) in [5.74, 6) is -1.45. The summed E-state index contributed by atoms with van der Waals surface area (Å²) in [5, 5.41) is 10.0. The van der Waals surface area contributed by atoms with E-state index in [1.165, 1.54) is 4.90 Å². The summed E-state index contributed by atoms with van der Waals surface area (Å²) < 4.78 is 5.20. The van der Waals surface area contributed by atoms with Gasteiger partial charge in [0, 0.05) is 21.7 Å². The van der Waals surface area contributed by atoms with Crippen LogP contribution in [-0.2, 0) is 14.3 Å². The van der Waals surface area contributed by atoms with Gasteiger partial charge in [0.15, 0.2) is 6.10 Å². The zero-order valence-corrected chi connectivity index (χ0v) is 13.1. The molecule has 1 amide bonds. The SMILES string of the molecule is CC(C)N1C(=O)COC(C(=O)O)C1c1c(Cl)cccc1Cl. The molecule has 1 fully saturated rings. The number of carboxylic acids is 1. The van der Waals surface area contributed by atoms with Crippen molar-refractivity contribution in [3.8, 4) is 0 Å². The van der Waals surface area contributed by atoms with Crippen molar-refractivity contribution in [2.45, 2.75) is 32.0 Å². The van der Waals surface area contributed by atoms with Crippen molar-refractivity contribution in [3.63, 3.8) is 0 Å². The van der Waals surface area contributed by atoms with E-state index >= 15 is 0 Å². The first-order chi connectivity index (χ1) is 9.84. The van der Waals surface area contributed by atoms with Crippen molar-refractivity contribution in [2.24, 2.45) is 0 Å². The van der Waals surface area contributed by atoms with E-state index in [0.29, 0.717) is 15.6 Å². The predicted molar refractivity (Wildman–Crippen MR) is 78.6 cm³/mol. The van der Waals surface area contributed by atoms with E-state index in [1.807, 2.05) is 0 Å². The lowest BCUT2D eigenvalue weighted by Gasteiger charge is -2.42. The number of hydrogen-bond acceptors (Lipinski definition) is 3. The van der Waals surface area contributed by atoms with Gasteiger partial charge < -0.3 is 14.7 Å². The Hall–Kier alpha value is -1.30. The van der Waals surface area contributed by atoms with E-state index in [-0.39, 0.29) is 18.6 Å².